The maximum atomic E-state index is 13.0. The minimum absolute atomic E-state index is 0.0492. The number of pyridine rings is 1. The summed E-state index contributed by atoms with van der Waals surface area (Å²) in [5.74, 6) is -0.364. The molecule has 3 aromatic rings. The molecule has 0 spiro atoms. The van der Waals surface area contributed by atoms with Crippen LogP contribution in [0.2, 0.25) is 5.02 Å². The van der Waals surface area contributed by atoms with Gasteiger partial charge in [0.05, 0.1) is 16.3 Å². The van der Waals surface area contributed by atoms with Gasteiger partial charge in [-0.05, 0) is 44.2 Å². The maximum absolute atomic E-state index is 13.0. The summed E-state index contributed by atoms with van der Waals surface area (Å²) in [6.45, 7) is 5.89. The second-order valence-corrected chi connectivity index (χ2v) is 7.66. The van der Waals surface area contributed by atoms with E-state index < -0.39 is 11.7 Å². The SMILES string of the molecule is CCN(CC)c1ccc(NC(=O)CSc2nnc3c(Cl)cc(C(F)(F)F)cn23)cc1. The fourth-order valence-electron chi connectivity index (χ4n) is 2.86. The predicted molar refractivity (Wildman–Crippen MR) is 112 cm³/mol. The van der Waals surface area contributed by atoms with Gasteiger partial charge in [-0.3, -0.25) is 9.20 Å². The first kappa shape index (κ1) is 22.2. The molecule has 0 aliphatic heterocycles. The number of rotatable bonds is 7. The van der Waals surface area contributed by atoms with Crippen molar-refractivity contribution in [2.24, 2.45) is 0 Å². The Morgan fingerprint density at radius 1 is 1.20 bits per heavy atom. The second kappa shape index (κ2) is 9.13. The third-order valence-corrected chi connectivity index (χ3v) is 5.59. The van der Waals surface area contributed by atoms with Crippen LogP contribution in [0.1, 0.15) is 19.4 Å². The molecule has 0 atom stereocenters. The molecule has 1 N–H and O–H groups in total. The Balaban J connectivity index is 1.67. The summed E-state index contributed by atoms with van der Waals surface area (Å²) in [7, 11) is 0. The topological polar surface area (TPSA) is 62.5 Å². The van der Waals surface area contributed by atoms with Crippen molar-refractivity contribution in [3.05, 3.63) is 47.1 Å². The quantitative estimate of drug-likeness (QED) is 0.507. The Kier molecular flexibility index (Phi) is 6.77. The lowest BCUT2D eigenvalue weighted by atomic mass is 10.2. The number of hydrogen-bond donors (Lipinski definition) is 1. The number of aromatic nitrogens is 3. The van der Waals surface area contributed by atoms with Crippen LogP contribution in [0, 0.1) is 0 Å². The fraction of sp³-hybridized carbons (Fsp3) is 0.316. The van der Waals surface area contributed by atoms with Gasteiger partial charge < -0.3 is 10.2 Å². The number of benzene rings is 1. The smallest absolute Gasteiger partial charge is 0.372 e. The molecule has 0 saturated heterocycles. The molecule has 1 aromatic carbocycles. The Bertz CT molecular complexity index is 1040. The van der Waals surface area contributed by atoms with Gasteiger partial charge in [0.25, 0.3) is 0 Å². The summed E-state index contributed by atoms with van der Waals surface area (Å²) in [6, 6.07) is 8.25. The van der Waals surface area contributed by atoms with E-state index in [4.69, 9.17) is 11.6 Å². The zero-order valence-electron chi connectivity index (χ0n) is 16.2. The van der Waals surface area contributed by atoms with Crippen molar-refractivity contribution in [3.63, 3.8) is 0 Å². The predicted octanol–water partition coefficient (Wildman–Crippen LogP) is 4.98. The minimum Gasteiger partial charge on any atom is -0.372 e. The molecule has 0 fully saturated rings. The number of nitrogens with zero attached hydrogens (tertiary/aromatic N) is 4. The van der Waals surface area contributed by atoms with E-state index in [-0.39, 0.29) is 27.5 Å². The Hall–Kier alpha value is -2.46. The van der Waals surface area contributed by atoms with Crippen LogP contribution in [0.4, 0.5) is 24.5 Å². The summed E-state index contributed by atoms with van der Waals surface area (Å²) in [5, 5.41) is 10.4. The molecule has 30 heavy (non-hydrogen) atoms. The fourth-order valence-corrected chi connectivity index (χ4v) is 3.81. The van der Waals surface area contributed by atoms with Crippen molar-refractivity contribution in [2.75, 3.05) is 29.1 Å². The molecule has 3 rings (SSSR count). The van der Waals surface area contributed by atoms with Gasteiger partial charge in [0, 0.05) is 30.7 Å². The second-order valence-electron chi connectivity index (χ2n) is 6.31. The molecule has 2 aromatic heterocycles. The average molecular weight is 458 g/mol. The highest BCUT2D eigenvalue weighted by molar-refractivity contribution is 7.99. The highest BCUT2D eigenvalue weighted by Gasteiger charge is 2.32. The van der Waals surface area contributed by atoms with E-state index in [0.29, 0.717) is 5.69 Å². The van der Waals surface area contributed by atoms with Crippen LogP contribution in [0.25, 0.3) is 5.65 Å². The number of anilines is 2. The molecule has 0 saturated carbocycles. The summed E-state index contributed by atoms with van der Waals surface area (Å²) in [6.07, 6.45) is -3.69. The van der Waals surface area contributed by atoms with Gasteiger partial charge in [0.2, 0.25) is 5.91 Å². The molecule has 0 bridgehead atoms. The van der Waals surface area contributed by atoms with Crippen LogP contribution >= 0.6 is 23.4 Å². The molecule has 1 amide bonds. The first-order chi connectivity index (χ1) is 14.2. The van der Waals surface area contributed by atoms with Crippen LogP contribution in [-0.2, 0) is 11.0 Å². The molecule has 160 valence electrons. The summed E-state index contributed by atoms with van der Waals surface area (Å²) in [4.78, 5) is 14.4. The number of carbonyl (C=O) groups excluding carboxylic acids is 1. The number of amides is 1. The van der Waals surface area contributed by atoms with Gasteiger partial charge in [0.1, 0.15) is 0 Å². The highest BCUT2D eigenvalue weighted by Crippen LogP contribution is 2.33. The van der Waals surface area contributed by atoms with Crippen LogP contribution in [0.15, 0.2) is 41.7 Å². The van der Waals surface area contributed by atoms with Crippen LogP contribution in [0.3, 0.4) is 0 Å². The van der Waals surface area contributed by atoms with E-state index >= 15 is 0 Å². The zero-order valence-corrected chi connectivity index (χ0v) is 17.8. The molecule has 0 aliphatic carbocycles. The van der Waals surface area contributed by atoms with E-state index in [1.807, 2.05) is 12.1 Å². The van der Waals surface area contributed by atoms with Gasteiger partial charge >= 0.3 is 6.18 Å². The number of carbonyl (C=O) groups is 1. The zero-order chi connectivity index (χ0) is 21.9. The van der Waals surface area contributed by atoms with E-state index in [9.17, 15) is 18.0 Å². The van der Waals surface area contributed by atoms with Gasteiger partial charge in [0.15, 0.2) is 10.8 Å². The van der Waals surface area contributed by atoms with Crippen molar-refractivity contribution in [1.29, 1.82) is 0 Å². The minimum atomic E-state index is -4.56. The van der Waals surface area contributed by atoms with Crippen molar-refractivity contribution in [1.82, 2.24) is 14.6 Å². The number of alkyl halides is 3. The summed E-state index contributed by atoms with van der Waals surface area (Å²) >= 11 is 6.86. The number of halogens is 4. The molecule has 0 unspecified atom stereocenters. The average Bonchev–Trinajstić information content (AvgIpc) is 3.11. The van der Waals surface area contributed by atoms with Gasteiger partial charge in [-0.25, -0.2) is 0 Å². The first-order valence-electron chi connectivity index (χ1n) is 9.12. The van der Waals surface area contributed by atoms with Crippen molar-refractivity contribution in [3.8, 4) is 0 Å². The van der Waals surface area contributed by atoms with Gasteiger partial charge in [-0.2, -0.15) is 13.2 Å². The van der Waals surface area contributed by atoms with Crippen molar-refractivity contribution < 1.29 is 18.0 Å². The first-order valence-corrected chi connectivity index (χ1v) is 10.5. The third kappa shape index (κ3) is 4.99. The number of fused-ring (bicyclic) bond motifs is 1. The Morgan fingerprint density at radius 3 is 2.47 bits per heavy atom. The molecule has 11 heteroatoms. The molecular formula is C19H19ClF3N5OS. The van der Waals surface area contributed by atoms with Crippen molar-refractivity contribution >= 4 is 46.3 Å². The van der Waals surface area contributed by atoms with E-state index in [1.54, 1.807) is 12.1 Å². The van der Waals surface area contributed by atoms with Crippen LogP contribution in [-0.4, -0.2) is 39.3 Å². The summed E-state index contributed by atoms with van der Waals surface area (Å²) in [5.41, 5.74) is 0.864. The van der Waals surface area contributed by atoms with Gasteiger partial charge in [-0.15, -0.1) is 10.2 Å². The monoisotopic (exact) mass is 457 g/mol. The van der Waals surface area contributed by atoms with E-state index in [0.717, 1.165) is 47.2 Å². The Labute approximate surface area is 180 Å². The van der Waals surface area contributed by atoms with Crippen molar-refractivity contribution in [2.45, 2.75) is 25.2 Å². The number of nitrogens with one attached hydrogen (secondary N) is 1. The summed E-state index contributed by atoms with van der Waals surface area (Å²) < 4.78 is 40.2. The van der Waals surface area contributed by atoms with E-state index in [1.165, 1.54) is 0 Å². The Morgan fingerprint density at radius 2 is 1.87 bits per heavy atom. The normalized spacial score (nSPS) is 11.7. The molecular weight excluding hydrogens is 439 g/mol. The molecule has 2 heterocycles. The lowest BCUT2D eigenvalue weighted by molar-refractivity contribution is -0.137. The molecule has 0 aliphatic rings. The molecule has 6 nitrogen and oxygen atoms in total. The molecule has 0 radical (unpaired) electrons. The number of hydrogen-bond acceptors (Lipinski definition) is 5. The van der Waals surface area contributed by atoms with E-state index in [2.05, 4.69) is 34.3 Å². The van der Waals surface area contributed by atoms with Crippen LogP contribution < -0.4 is 10.2 Å². The maximum Gasteiger partial charge on any atom is 0.417 e. The lowest BCUT2D eigenvalue weighted by Crippen LogP contribution is -2.21. The van der Waals surface area contributed by atoms with Crippen LogP contribution in [0.5, 0.6) is 0 Å². The highest BCUT2D eigenvalue weighted by atomic mass is 35.5. The number of thioether (sulfide) groups is 1. The lowest BCUT2D eigenvalue weighted by Gasteiger charge is -2.21. The largest absolute Gasteiger partial charge is 0.417 e. The standard InChI is InChI=1S/C19H19ClF3N5OS/c1-3-27(4-2)14-7-5-13(6-8-14)24-16(29)11-30-18-26-25-17-15(20)9-12(10-28(17)18)19(21,22)23/h5-10H,3-4,11H2,1-2H3,(H,24,29). The third-order valence-electron chi connectivity index (χ3n) is 4.37. The van der Waals surface area contributed by atoms with Gasteiger partial charge in [-0.1, -0.05) is 23.4 Å².